The second-order valence-corrected chi connectivity index (χ2v) is 5.33. The van der Waals surface area contributed by atoms with E-state index in [-0.39, 0.29) is 11.4 Å². The first kappa shape index (κ1) is 13.4. The van der Waals surface area contributed by atoms with Gasteiger partial charge in [0.2, 0.25) is 0 Å². The molecule has 0 spiro atoms. The minimum atomic E-state index is -0.288. The van der Waals surface area contributed by atoms with E-state index in [9.17, 15) is 4.39 Å². The second-order valence-electron chi connectivity index (χ2n) is 4.90. The van der Waals surface area contributed by atoms with Crippen LogP contribution < -0.4 is 5.73 Å². The van der Waals surface area contributed by atoms with Crippen molar-refractivity contribution in [2.75, 3.05) is 13.6 Å². The maximum atomic E-state index is 13.4. The maximum absolute atomic E-state index is 13.4. The summed E-state index contributed by atoms with van der Waals surface area (Å²) >= 11 is 5.82. The second kappa shape index (κ2) is 5.13. The van der Waals surface area contributed by atoms with E-state index in [4.69, 9.17) is 17.3 Å². The van der Waals surface area contributed by atoms with Crippen LogP contribution in [0.2, 0.25) is 5.02 Å². The van der Waals surface area contributed by atoms with E-state index < -0.39 is 0 Å². The van der Waals surface area contributed by atoms with E-state index in [0.717, 1.165) is 0 Å². The summed E-state index contributed by atoms with van der Waals surface area (Å²) in [6.07, 6.45) is 0. The van der Waals surface area contributed by atoms with E-state index in [1.54, 1.807) is 12.1 Å². The third-order valence-electron chi connectivity index (χ3n) is 2.13. The van der Waals surface area contributed by atoms with Crippen molar-refractivity contribution in [3.63, 3.8) is 0 Å². The minimum absolute atomic E-state index is 0.230. The summed E-state index contributed by atoms with van der Waals surface area (Å²) in [5, 5.41) is 0.553. The van der Waals surface area contributed by atoms with Crippen LogP contribution in [0.15, 0.2) is 18.2 Å². The van der Waals surface area contributed by atoms with Crippen LogP contribution in [0.25, 0.3) is 0 Å². The summed E-state index contributed by atoms with van der Waals surface area (Å²) < 4.78 is 13.4. The molecule has 0 radical (unpaired) electrons. The topological polar surface area (TPSA) is 29.3 Å². The molecule has 2 nitrogen and oxygen atoms in total. The standard InChI is InChI=1S/C12H18ClFN2/c1-12(2,15)8-16(3)7-9-6-10(13)4-5-11(9)14/h4-6H,7-8,15H2,1-3H3. The molecule has 0 saturated heterocycles. The Hall–Kier alpha value is -0.640. The number of nitrogens with zero attached hydrogens (tertiary/aromatic N) is 1. The number of benzene rings is 1. The first-order valence-corrected chi connectivity index (χ1v) is 5.57. The lowest BCUT2D eigenvalue weighted by Crippen LogP contribution is -2.43. The molecule has 2 N–H and O–H groups in total. The lowest BCUT2D eigenvalue weighted by molar-refractivity contribution is 0.260. The molecule has 1 aromatic rings. The van der Waals surface area contributed by atoms with E-state index >= 15 is 0 Å². The molecule has 1 aromatic carbocycles. The Bertz CT molecular complexity index is 361. The van der Waals surface area contributed by atoms with Crippen LogP contribution in [0.3, 0.4) is 0 Å². The van der Waals surface area contributed by atoms with E-state index in [0.29, 0.717) is 23.7 Å². The largest absolute Gasteiger partial charge is 0.324 e. The summed E-state index contributed by atoms with van der Waals surface area (Å²) in [7, 11) is 1.91. The van der Waals surface area contributed by atoms with Gasteiger partial charge in [0, 0.05) is 29.2 Å². The Labute approximate surface area is 101 Å². The van der Waals surface area contributed by atoms with Crippen LogP contribution in [0.4, 0.5) is 4.39 Å². The van der Waals surface area contributed by atoms with Gasteiger partial charge in [0.25, 0.3) is 0 Å². The molecule has 0 aliphatic carbocycles. The molecule has 0 bridgehead atoms. The fourth-order valence-corrected chi connectivity index (χ4v) is 1.90. The zero-order chi connectivity index (χ0) is 12.3. The molecule has 0 aromatic heterocycles. The van der Waals surface area contributed by atoms with Gasteiger partial charge in [0.15, 0.2) is 0 Å². The zero-order valence-electron chi connectivity index (χ0n) is 9.93. The van der Waals surface area contributed by atoms with Gasteiger partial charge in [-0.2, -0.15) is 0 Å². The molecular formula is C12H18ClFN2. The predicted octanol–water partition coefficient (Wildman–Crippen LogP) is 2.65. The lowest BCUT2D eigenvalue weighted by atomic mass is 10.1. The van der Waals surface area contributed by atoms with Crippen LogP contribution in [-0.2, 0) is 6.54 Å². The average Bonchev–Trinajstić information content (AvgIpc) is 2.08. The van der Waals surface area contributed by atoms with E-state index in [2.05, 4.69) is 0 Å². The highest BCUT2D eigenvalue weighted by Crippen LogP contribution is 2.16. The van der Waals surface area contributed by atoms with Gasteiger partial charge < -0.3 is 10.6 Å². The maximum Gasteiger partial charge on any atom is 0.127 e. The Morgan fingerprint density at radius 1 is 1.44 bits per heavy atom. The molecule has 0 atom stereocenters. The van der Waals surface area contributed by atoms with Gasteiger partial charge in [-0.3, -0.25) is 0 Å². The number of halogens is 2. The van der Waals surface area contributed by atoms with Gasteiger partial charge >= 0.3 is 0 Å². The molecule has 0 aliphatic heterocycles. The lowest BCUT2D eigenvalue weighted by Gasteiger charge is -2.26. The van der Waals surface area contributed by atoms with E-state index in [1.165, 1.54) is 6.07 Å². The normalized spacial score (nSPS) is 12.2. The van der Waals surface area contributed by atoms with Gasteiger partial charge in [-0.05, 0) is 39.1 Å². The van der Waals surface area contributed by atoms with Crippen LogP contribution in [0, 0.1) is 5.82 Å². The highest BCUT2D eigenvalue weighted by molar-refractivity contribution is 6.30. The minimum Gasteiger partial charge on any atom is -0.324 e. The average molecular weight is 245 g/mol. The molecular weight excluding hydrogens is 227 g/mol. The van der Waals surface area contributed by atoms with Crippen LogP contribution in [0.1, 0.15) is 19.4 Å². The Kier molecular flexibility index (Phi) is 4.30. The van der Waals surface area contributed by atoms with Crippen molar-refractivity contribution in [2.45, 2.75) is 25.9 Å². The van der Waals surface area contributed by atoms with Crippen LogP contribution >= 0.6 is 11.6 Å². The summed E-state index contributed by atoms with van der Waals surface area (Å²) in [5.74, 6) is -0.230. The number of hydrogen-bond donors (Lipinski definition) is 1. The van der Waals surface area contributed by atoms with Gasteiger partial charge in [-0.1, -0.05) is 11.6 Å². The number of nitrogens with two attached hydrogens (primary N) is 1. The molecule has 1 rings (SSSR count). The van der Waals surface area contributed by atoms with Crippen molar-refractivity contribution in [3.05, 3.63) is 34.6 Å². The zero-order valence-corrected chi connectivity index (χ0v) is 10.7. The highest BCUT2D eigenvalue weighted by Gasteiger charge is 2.15. The molecule has 0 amide bonds. The summed E-state index contributed by atoms with van der Waals surface area (Å²) in [6, 6.07) is 4.59. The van der Waals surface area contributed by atoms with Crippen molar-refractivity contribution >= 4 is 11.6 Å². The Morgan fingerprint density at radius 3 is 2.62 bits per heavy atom. The van der Waals surface area contributed by atoms with Gasteiger partial charge in [-0.15, -0.1) is 0 Å². The van der Waals surface area contributed by atoms with Crippen molar-refractivity contribution in [1.29, 1.82) is 0 Å². The van der Waals surface area contributed by atoms with Gasteiger partial charge in [0.05, 0.1) is 0 Å². The first-order chi connectivity index (χ1) is 7.28. The fourth-order valence-electron chi connectivity index (χ4n) is 1.71. The first-order valence-electron chi connectivity index (χ1n) is 5.19. The highest BCUT2D eigenvalue weighted by atomic mass is 35.5. The number of likely N-dealkylation sites (N-methyl/N-ethyl adjacent to an activating group) is 1. The summed E-state index contributed by atoms with van der Waals surface area (Å²) in [5.41, 5.74) is 6.21. The SMILES string of the molecule is CN(Cc1cc(Cl)ccc1F)CC(C)(C)N. The quantitative estimate of drug-likeness (QED) is 0.882. The third-order valence-corrected chi connectivity index (χ3v) is 2.36. The molecule has 0 fully saturated rings. The van der Waals surface area contributed by atoms with E-state index in [1.807, 2.05) is 25.8 Å². The Morgan fingerprint density at radius 2 is 2.06 bits per heavy atom. The predicted molar refractivity (Wildman–Crippen MR) is 66.0 cm³/mol. The fraction of sp³-hybridized carbons (Fsp3) is 0.500. The van der Waals surface area contributed by atoms with Crippen molar-refractivity contribution in [3.8, 4) is 0 Å². The van der Waals surface area contributed by atoms with Crippen LogP contribution in [0.5, 0.6) is 0 Å². The molecule has 0 heterocycles. The van der Waals surface area contributed by atoms with Crippen molar-refractivity contribution in [1.82, 2.24) is 4.90 Å². The van der Waals surface area contributed by atoms with Crippen LogP contribution in [-0.4, -0.2) is 24.0 Å². The molecule has 90 valence electrons. The van der Waals surface area contributed by atoms with Gasteiger partial charge in [0.1, 0.15) is 5.82 Å². The molecule has 16 heavy (non-hydrogen) atoms. The van der Waals surface area contributed by atoms with Gasteiger partial charge in [-0.25, -0.2) is 4.39 Å². The number of rotatable bonds is 4. The van der Waals surface area contributed by atoms with Crippen molar-refractivity contribution in [2.24, 2.45) is 5.73 Å². The third kappa shape index (κ3) is 4.47. The summed E-state index contributed by atoms with van der Waals surface area (Å²) in [4.78, 5) is 1.98. The molecule has 0 aliphatic rings. The Balaban J connectivity index is 2.69. The smallest absolute Gasteiger partial charge is 0.127 e. The molecule has 0 saturated carbocycles. The molecule has 4 heteroatoms. The monoisotopic (exact) mass is 244 g/mol. The summed E-state index contributed by atoms with van der Waals surface area (Å²) in [6.45, 7) is 5.08. The molecule has 0 unspecified atom stereocenters. The number of hydrogen-bond acceptors (Lipinski definition) is 2. The van der Waals surface area contributed by atoms with Crippen molar-refractivity contribution < 1.29 is 4.39 Å².